The first-order valence-corrected chi connectivity index (χ1v) is 3.48. The lowest BCUT2D eigenvalue weighted by Gasteiger charge is -2.15. The summed E-state index contributed by atoms with van der Waals surface area (Å²) in [4.78, 5) is 4.02. The van der Waals surface area contributed by atoms with Crippen molar-refractivity contribution in [2.24, 2.45) is 5.84 Å². The van der Waals surface area contributed by atoms with Crippen LogP contribution in [0.4, 0.5) is 11.5 Å². The molecule has 0 aliphatic carbocycles. The fraction of sp³-hybridized carbons (Fsp3) is 0.286. The molecule has 0 spiro atoms. The third-order valence-electron chi connectivity index (χ3n) is 1.43. The molecule has 0 bridgehead atoms. The van der Waals surface area contributed by atoms with Crippen molar-refractivity contribution in [2.45, 2.75) is 6.92 Å². The molecule has 4 heteroatoms. The van der Waals surface area contributed by atoms with Crippen LogP contribution in [-0.2, 0) is 0 Å². The Bertz CT molecular complexity index is 236. The summed E-state index contributed by atoms with van der Waals surface area (Å²) in [5, 5.41) is 1.51. The van der Waals surface area contributed by atoms with Crippen LogP contribution in [0.1, 0.15) is 6.92 Å². The van der Waals surface area contributed by atoms with E-state index in [0.29, 0.717) is 18.1 Å². The molecular formula is C7H12N4. The molecule has 4 N–H and O–H groups in total. The molecule has 0 saturated heterocycles. The van der Waals surface area contributed by atoms with Gasteiger partial charge in [0, 0.05) is 12.7 Å². The number of hydrazine groups is 1. The van der Waals surface area contributed by atoms with Crippen molar-refractivity contribution >= 4 is 11.5 Å². The molecule has 0 unspecified atom stereocenters. The molecular weight excluding hydrogens is 140 g/mol. The summed E-state index contributed by atoms with van der Waals surface area (Å²) >= 11 is 0. The lowest BCUT2D eigenvalue weighted by atomic mass is 10.4. The van der Waals surface area contributed by atoms with E-state index in [-0.39, 0.29) is 0 Å². The zero-order valence-corrected chi connectivity index (χ0v) is 6.49. The molecule has 0 atom stereocenters. The molecule has 0 aromatic carbocycles. The number of aromatic nitrogens is 1. The molecule has 0 radical (unpaired) electrons. The number of hydrogen-bond donors (Lipinski definition) is 2. The van der Waals surface area contributed by atoms with Crippen molar-refractivity contribution in [3.05, 3.63) is 18.3 Å². The highest BCUT2D eigenvalue weighted by Crippen LogP contribution is 2.15. The Hall–Kier alpha value is -1.29. The molecule has 0 amide bonds. The van der Waals surface area contributed by atoms with Crippen LogP contribution in [-0.4, -0.2) is 11.5 Å². The van der Waals surface area contributed by atoms with Gasteiger partial charge in [0.05, 0.1) is 5.69 Å². The van der Waals surface area contributed by atoms with Crippen molar-refractivity contribution in [1.29, 1.82) is 0 Å². The molecule has 11 heavy (non-hydrogen) atoms. The lowest BCUT2D eigenvalue weighted by Crippen LogP contribution is -2.31. The van der Waals surface area contributed by atoms with Gasteiger partial charge in [-0.1, -0.05) is 0 Å². The second-order valence-electron chi connectivity index (χ2n) is 2.20. The summed E-state index contributed by atoms with van der Waals surface area (Å²) in [5.41, 5.74) is 6.22. The van der Waals surface area contributed by atoms with Gasteiger partial charge < -0.3 is 5.73 Å². The van der Waals surface area contributed by atoms with Gasteiger partial charge in [0.15, 0.2) is 5.82 Å². The fourth-order valence-corrected chi connectivity index (χ4v) is 0.799. The van der Waals surface area contributed by atoms with Crippen molar-refractivity contribution in [3.63, 3.8) is 0 Å². The monoisotopic (exact) mass is 152 g/mol. The minimum atomic E-state index is 0.608. The van der Waals surface area contributed by atoms with Crippen LogP contribution < -0.4 is 16.6 Å². The van der Waals surface area contributed by atoms with Gasteiger partial charge in [-0.15, -0.1) is 0 Å². The smallest absolute Gasteiger partial charge is 0.165 e. The molecule has 1 rings (SSSR count). The predicted molar refractivity (Wildman–Crippen MR) is 45.9 cm³/mol. The Morgan fingerprint density at radius 3 is 2.91 bits per heavy atom. The number of anilines is 2. The van der Waals surface area contributed by atoms with Gasteiger partial charge in [-0.25, -0.2) is 10.8 Å². The van der Waals surface area contributed by atoms with Crippen molar-refractivity contribution in [3.8, 4) is 0 Å². The fourth-order valence-electron chi connectivity index (χ4n) is 0.799. The van der Waals surface area contributed by atoms with E-state index in [9.17, 15) is 0 Å². The number of nitrogen functional groups attached to an aromatic ring is 1. The van der Waals surface area contributed by atoms with Crippen molar-refractivity contribution < 1.29 is 0 Å². The first-order chi connectivity index (χ1) is 5.25. The Morgan fingerprint density at radius 2 is 2.36 bits per heavy atom. The van der Waals surface area contributed by atoms with E-state index >= 15 is 0 Å². The molecule has 4 nitrogen and oxygen atoms in total. The van der Waals surface area contributed by atoms with Gasteiger partial charge in [0.1, 0.15) is 0 Å². The second-order valence-corrected chi connectivity index (χ2v) is 2.20. The first-order valence-electron chi connectivity index (χ1n) is 3.48. The molecule has 1 heterocycles. The third kappa shape index (κ3) is 1.59. The second kappa shape index (κ2) is 3.21. The summed E-state index contributed by atoms with van der Waals surface area (Å²) in [6.07, 6.45) is 1.67. The van der Waals surface area contributed by atoms with Gasteiger partial charge >= 0.3 is 0 Å². The van der Waals surface area contributed by atoms with E-state index in [0.717, 1.165) is 0 Å². The molecule has 1 aromatic rings. The van der Waals surface area contributed by atoms with E-state index < -0.39 is 0 Å². The minimum absolute atomic E-state index is 0.608. The summed E-state index contributed by atoms with van der Waals surface area (Å²) in [6.45, 7) is 2.63. The highest BCUT2D eigenvalue weighted by molar-refractivity contribution is 5.61. The topological polar surface area (TPSA) is 68.2 Å². The Kier molecular flexibility index (Phi) is 2.28. The van der Waals surface area contributed by atoms with Gasteiger partial charge in [-0.3, -0.25) is 5.01 Å². The maximum atomic E-state index is 5.61. The van der Waals surface area contributed by atoms with E-state index in [1.54, 1.807) is 18.3 Å². The van der Waals surface area contributed by atoms with Gasteiger partial charge in [0.25, 0.3) is 0 Å². The minimum Gasteiger partial charge on any atom is -0.396 e. The number of hydrogen-bond acceptors (Lipinski definition) is 4. The normalized spacial score (nSPS) is 9.64. The predicted octanol–water partition coefficient (Wildman–Crippen LogP) is 0.364. The maximum Gasteiger partial charge on any atom is 0.165 e. The van der Waals surface area contributed by atoms with Crippen LogP contribution in [0.25, 0.3) is 0 Å². The zero-order chi connectivity index (χ0) is 8.27. The van der Waals surface area contributed by atoms with Crippen LogP contribution in [0.3, 0.4) is 0 Å². The van der Waals surface area contributed by atoms with Crippen molar-refractivity contribution in [1.82, 2.24) is 4.98 Å². The van der Waals surface area contributed by atoms with Crippen LogP contribution >= 0.6 is 0 Å². The third-order valence-corrected chi connectivity index (χ3v) is 1.43. The average Bonchev–Trinajstić information content (AvgIpc) is 2.04. The van der Waals surface area contributed by atoms with Crippen molar-refractivity contribution in [2.75, 3.05) is 17.3 Å². The number of nitrogens with zero attached hydrogens (tertiary/aromatic N) is 2. The van der Waals surface area contributed by atoms with E-state index in [1.807, 2.05) is 6.92 Å². The SMILES string of the molecule is CCN(N)c1ncccc1N. The highest BCUT2D eigenvalue weighted by atomic mass is 15.4. The van der Waals surface area contributed by atoms with E-state index in [4.69, 9.17) is 11.6 Å². The Balaban J connectivity index is 2.93. The average molecular weight is 152 g/mol. The lowest BCUT2D eigenvalue weighted by molar-refractivity contribution is 0.870. The van der Waals surface area contributed by atoms with E-state index in [1.165, 1.54) is 5.01 Å². The first kappa shape index (κ1) is 7.81. The molecule has 0 aliphatic heterocycles. The maximum absolute atomic E-state index is 5.61. The van der Waals surface area contributed by atoms with Crippen LogP contribution in [0.2, 0.25) is 0 Å². The summed E-state index contributed by atoms with van der Waals surface area (Å²) in [7, 11) is 0. The molecule has 0 fully saturated rings. The molecule has 0 saturated carbocycles. The largest absolute Gasteiger partial charge is 0.396 e. The van der Waals surface area contributed by atoms with Crippen LogP contribution in [0, 0.1) is 0 Å². The molecule has 1 aromatic heterocycles. The van der Waals surface area contributed by atoms with Gasteiger partial charge in [-0.05, 0) is 19.1 Å². The Labute approximate surface area is 65.8 Å². The van der Waals surface area contributed by atoms with Crippen LogP contribution in [0.15, 0.2) is 18.3 Å². The summed E-state index contributed by atoms with van der Waals surface area (Å²) in [5.74, 6) is 6.22. The number of rotatable bonds is 2. The van der Waals surface area contributed by atoms with E-state index in [2.05, 4.69) is 4.98 Å². The zero-order valence-electron chi connectivity index (χ0n) is 6.49. The number of pyridine rings is 1. The van der Waals surface area contributed by atoms with Gasteiger partial charge in [-0.2, -0.15) is 0 Å². The Morgan fingerprint density at radius 1 is 1.64 bits per heavy atom. The summed E-state index contributed by atoms with van der Waals surface area (Å²) in [6, 6.07) is 3.56. The molecule has 60 valence electrons. The standard InChI is InChI=1S/C7H12N4/c1-2-11(9)7-6(8)4-3-5-10-7/h3-5H,2,8-9H2,1H3. The number of nitrogens with two attached hydrogens (primary N) is 2. The quantitative estimate of drug-likeness (QED) is 0.474. The molecule has 0 aliphatic rings. The highest BCUT2D eigenvalue weighted by Gasteiger charge is 2.02. The summed E-state index contributed by atoms with van der Waals surface area (Å²) < 4.78 is 0. The van der Waals surface area contributed by atoms with Gasteiger partial charge in [0.2, 0.25) is 0 Å². The van der Waals surface area contributed by atoms with Crippen LogP contribution in [0.5, 0.6) is 0 Å².